The summed E-state index contributed by atoms with van der Waals surface area (Å²) < 4.78 is 5.23. The van der Waals surface area contributed by atoms with E-state index in [9.17, 15) is 9.59 Å². The molecule has 0 unspecified atom stereocenters. The second-order valence-corrected chi connectivity index (χ2v) is 7.02. The number of carbonyl (C=O) groups excluding carboxylic acids is 2. The highest BCUT2D eigenvalue weighted by Gasteiger charge is 2.23. The lowest BCUT2D eigenvalue weighted by Crippen LogP contribution is -2.17. The maximum atomic E-state index is 12.8. The van der Waals surface area contributed by atoms with Gasteiger partial charge >= 0.3 is 0 Å². The minimum atomic E-state index is -0.354. The van der Waals surface area contributed by atoms with Gasteiger partial charge in [0.25, 0.3) is 5.91 Å². The first-order valence-electron chi connectivity index (χ1n) is 8.80. The molecule has 6 nitrogen and oxygen atoms in total. The van der Waals surface area contributed by atoms with Crippen LogP contribution in [-0.4, -0.2) is 17.0 Å². The number of nitrogens with zero attached hydrogens (tertiary/aromatic N) is 1. The van der Waals surface area contributed by atoms with Crippen LogP contribution in [0.2, 0.25) is 5.02 Å². The Morgan fingerprint density at radius 1 is 1.00 bits per heavy atom. The minimum absolute atomic E-state index is 0.0683. The van der Waals surface area contributed by atoms with Gasteiger partial charge in [0.1, 0.15) is 17.0 Å². The third-order valence-corrected chi connectivity index (χ3v) is 4.48. The summed E-state index contributed by atoms with van der Waals surface area (Å²) in [5.74, 6) is -0.138. The van der Waals surface area contributed by atoms with Gasteiger partial charge in [-0.15, -0.1) is 0 Å². The van der Waals surface area contributed by atoms with Gasteiger partial charge in [-0.1, -0.05) is 48.8 Å². The molecule has 3 aromatic rings. The maximum absolute atomic E-state index is 12.8. The van der Waals surface area contributed by atoms with E-state index in [0.29, 0.717) is 39.0 Å². The van der Waals surface area contributed by atoms with Gasteiger partial charge in [-0.3, -0.25) is 9.59 Å². The highest BCUT2D eigenvalue weighted by atomic mass is 35.5. The van der Waals surface area contributed by atoms with Crippen molar-refractivity contribution in [3.05, 3.63) is 64.9 Å². The van der Waals surface area contributed by atoms with Crippen LogP contribution in [0.15, 0.2) is 53.1 Å². The molecule has 1 aromatic heterocycles. The molecule has 0 bridgehead atoms. The highest BCUT2D eigenvalue weighted by molar-refractivity contribution is 6.33. The molecule has 28 heavy (non-hydrogen) atoms. The normalized spacial score (nSPS) is 10.8. The van der Waals surface area contributed by atoms with E-state index in [0.717, 1.165) is 0 Å². The smallest absolute Gasteiger partial charge is 0.261 e. The summed E-state index contributed by atoms with van der Waals surface area (Å²) >= 11 is 6.24. The summed E-state index contributed by atoms with van der Waals surface area (Å²) in [6, 6.07) is 14.0. The fourth-order valence-corrected chi connectivity index (χ4v) is 2.82. The SMILES string of the molecule is Cc1onc(-c2ccccc2Cl)c1C(=O)Nc1ccc(NC(=O)C(C)C)cc1. The number of hydrogen-bond donors (Lipinski definition) is 2. The molecule has 1 heterocycles. The average Bonchev–Trinajstić information content (AvgIpc) is 3.05. The van der Waals surface area contributed by atoms with E-state index in [1.54, 1.807) is 49.4 Å². The van der Waals surface area contributed by atoms with Gasteiger partial charge in [-0.2, -0.15) is 0 Å². The molecule has 7 heteroatoms. The van der Waals surface area contributed by atoms with E-state index in [1.165, 1.54) is 0 Å². The fraction of sp³-hybridized carbons (Fsp3) is 0.190. The zero-order chi connectivity index (χ0) is 20.3. The Kier molecular flexibility index (Phi) is 5.80. The largest absolute Gasteiger partial charge is 0.360 e. The molecule has 0 atom stereocenters. The first-order valence-corrected chi connectivity index (χ1v) is 9.18. The minimum Gasteiger partial charge on any atom is -0.360 e. The molecule has 144 valence electrons. The van der Waals surface area contributed by atoms with Crippen LogP contribution in [0.1, 0.15) is 30.0 Å². The van der Waals surface area contributed by atoms with Crippen LogP contribution in [0.25, 0.3) is 11.3 Å². The zero-order valence-corrected chi connectivity index (χ0v) is 16.5. The highest BCUT2D eigenvalue weighted by Crippen LogP contribution is 2.31. The fourth-order valence-electron chi connectivity index (χ4n) is 2.59. The standard InChI is InChI=1S/C21H20ClN3O3/c1-12(2)20(26)23-14-8-10-15(11-9-14)24-21(27)18-13(3)28-25-19(18)16-6-4-5-7-17(16)22/h4-12H,1-3H3,(H,23,26)(H,24,27). The monoisotopic (exact) mass is 397 g/mol. The molecule has 0 radical (unpaired) electrons. The molecule has 0 saturated carbocycles. The number of aromatic nitrogens is 1. The second-order valence-electron chi connectivity index (χ2n) is 6.62. The van der Waals surface area contributed by atoms with Crippen molar-refractivity contribution in [2.75, 3.05) is 10.6 Å². The number of carbonyl (C=O) groups is 2. The van der Waals surface area contributed by atoms with Crippen LogP contribution in [0, 0.1) is 12.8 Å². The lowest BCUT2D eigenvalue weighted by molar-refractivity contribution is -0.118. The van der Waals surface area contributed by atoms with Gasteiger partial charge in [0.05, 0.1) is 5.02 Å². The van der Waals surface area contributed by atoms with Crippen LogP contribution in [0.5, 0.6) is 0 Å². The van der Waals surface area contributed by atoms with Gasteiger partial charge in [0.2, 0.25) is 5.91 Å². The van der Waals surface area contributed by atoms with E-state index in [1.807, 2.05) is 19.9 Å². The number of anilines is 2. The molecule has 0 fully saturated rings. The molecule has 0 saturated heterocycles. The van der Waals surface area contributed by atoms with Crippen molar-refractivity contribution in [3.63, 3.8) is 0 Å². The summed E-state index contributed by atoms with van der Waals surface area (Å²) in [4.78, 5) is 24.6. The lowest BCUT2D eigenvalue weighted by atomic mass is 10.1. The Morgan fingerprint density at radius 3 is 2.21 bits per heavy atom. The summed E-state index contributed by atoms with van der Waals surface area (Å²) in [7, 11) is 0. The van der Waals surface area contributed by atoms with Crippen molar-refractivity contribution in [2.24, 2.45) is 5.92 Å². The predicted octanol–water partition coefficient (Wildman–Crippen LogP) is 5.15. The van der Waals surface area contributed by atoms with E-state index in [-0.39, 0.29) is 17.7 Å². The van der Waals surface area contributed by atoms with Crippen LogP contribution >= 0.6 is 11.6 Å². The zero-order valence-electron chi connectivity index (χ0n) is 15.7. The molecular formula is C21H20ClN3O3. The van der Waals surface area contributed by atoms with E-state index in [2.05, 4.69) is 15.8 Å². The molecule has 2 N–H and O–H groups in total. The van der Waals surface area contributed by atoms with E-state index < -0.39 is 0 Å². The number of halogens is 1. The van der Waals surface area contributed by atoms with E-state index >= 15 is 0 Å². The third kappa shape index (κ3) is 4.23. The summed E-state index contributed by atoms with van der Waals surface area (Å²) in [5, 5.41) is 10.1. The van der Waals surface area contributed by atoms with Crippen molar-refractivity contribution in [2.45, 2.75) is 20.8 Å². The van der Waals surface area contributed by atoms with Crippen molar-refractivity contribution in [1.82, 2.24) is 5.16 Å². The second kappa shape index (κ2) is 8.27. The summed E-state index contributed by atoms with van der Waals surface area (Å²) in [6.45, 7) is 5.32. The number of amides is 2. The molecule has 3 rings (SSSR count). The number of hydrogen-bond acceptors (Lipinski definition) is 4. The summed E-state index contributed by atoms with van der Waals surface area (Å²) in [6.07, 6.45) is 0. The Morgan fingerprint density at radius 2 is 1.61 bits per heavy atom. The quantitative estimate of drug-likeness (QED) is 0.623. The van der Waals surface area contributed by atoms with E-state index in [4.69, 9.17) is 16.1 Å². The van der Waals surface area contributed by atoms with Crippen LogP contribution in [0.4, 0.5) is 11.4 Å². The van der Waals surface area contributed by atoms with Crippen molar-refractivity contribution >= 4 is 34.8 Å². The molecule has 0 spiro atoms. The number of aryl methyl sites for hydroxylation is 1. The molecule has 0 aliphatic heterocycles. The Labute approximate surface area is 167 Å². The number of nitrogens with one attached hydrogen (secondary N) is 2. The maximum Gasteiger partial charge on any atom is 0.261 e. The van der Waals surface area contributed by atoms with Gasteiger partial charge in [-0.05, 0) is 37.3 Å². The Hall–Kier alpha value is -3.12. The Balaban J connectivity index is 1.80. The van der Waals surface area contributed by atoms with Crippen LogP contribution in [-0.2, 0) is 4.79 Å². The summed E-state index contributed by atoms with van der Waals surface area (Å²) in [5.41, 5.74) is 2.58. The molecule has 2 aromatic carbocycles. The van der Waals surface area contributed by atoms with Gasteiger partial charge in [0.15, 0.2) is 0 Å². The first-order chi connectivity index (χ1) is 13.4. The van der Waals surface area contributed by atoms with Crippen LogP contribution in [0.3, 0.4) is 0 Å². The first kappa shape index (κ1) is 19.6. The average molecular weight is 398 g/mol. The van der Waals surface area contributed by atoms with Crippen molar-refractivity contribution in [3.8, 4) is 11.3 Å². The van der Waals surface area contributed by atoms with Gasteiger partial charge in [0, 0.05) is 22.9 Å². The number of benzene rings is 2. The Bertz CT molecular complexity index is 1010. The van der Waals surface area contributed by atoms with Crippen molar-refractivity contribution in [1.29, 1.82) is 0 Å². The lowest BCUT2D eigenvalue weighted by Gasteiger charge is -2.10. The van der Waals surface area contributed by atoms with Gasteiger partial charge in [-0.25, -0.2) is 0 Å². The van der Waals surface area contributed by atoms with Gasteiger partial charge < -0.3 is 15.2 Å². The molecule has 0 aliphatic carbocycles. The predicted molar refractivity (Wildman–Crippen MR) is 110 cm³/mol. The molecular weight excluding hydrogens is 378 g/mol. The van der Waals surface area contributed by atoms with Crippen LogP contribution < -0.4 is 10.6 Å². The molecule has 0 aliphatic rings. The third-order valence-electron chi connectivity index (χ3n) is 4.15. The number of rotatable bonds is 5. The topological polar surface area (TPSA) is 84.2 Å². The molecule has 2 amide bonds. The van der Waals surface area contributed by atoms with Crippen molar-refractivity contribution < 1.29 is 14.1 Å².